The monoisotopic (exact) mass is 254 g/mol. The van der Waals surface area contributed by atoms with Gasteiger partial charge in [0.25, 0.3) is 0 Å². The van der Waals surface area contributed by atoms with Crippen LogP contribution in [0.15, 0.2) is 0 Å². The van der Waals surface area contributed by atoms with Crippen molar-refractivity contribution in [1.82, 2.24) is 10.2 Å². The summed E-state index contributed by atoms with van der Waals surface area (Å²) < 4.78 is 0. The molecule has 18 heavy (non-hydrogen) atoms. The molecule has 0 saturated carbocycles. The quantitative estimate of drug-likeness (QED) is 0.778. The Morgan fingerprint density at radius 2 is 1.83 bits per heavy atom. The summed E-state index contributed by atoms with van der Waals surface area (Å²) in [5.74, 6) is 0. The van der Waals surface area contributed by atoms with Crippen LogP contribution in [0.1, 0.15) is 67.2 Å². The van der Waals surface area contributed by atoms with Crippen LogP contribution in [0.4, 0.5) is 0 Å². The third-order valence-electron chi connectivity index (χ3n) is 4.81. The van der Waals surface area contributed by atoms with Gasteiger partial charge in [-0.15, -0.1) is 0 Å². The van der Waals surface area contributed by atoms with Gasteiger partial charge in [-0.25, -0.2) is 0 Å². The van der Waals surface area contributed by atoms with E-state index in [9.17, 15) is 0 Å². The van der Waals surface area contributed by atoms with Crippen LogP contribution in [0.3, 0.4) is 0 Å². The fourth-order valence-corrected chi connectivity index (χ4v) is 3.01. The molecule has 0 aromatic carbocycles. The molecule has 108 valence electrons. The molecular formula is C16H34N2. The lowest BCUT2D eigenvalue weighted by Gasteiger charge is -2.30. The van der Waals surface area contributed by atoms with Crippen molar-refractivity contribution in [2.75, 3.05) is 19.6 Å². The van der Waals surface area contributed by atoms with E-state index >= 15 is 0 Å². The summed E-state index contributed by atoms with van der Waals surface area (Å²) >= 11 is 0. The summed E-state index contributed by atoms with van der Waals surface area (Å²) in [4.78, 5) is 2.71. The number of nitrogens with zero attached hydrogens (tertiary/aromatic N) is 1. The van der Waals surface area contributed by atoms with Crippen molar-refractivity contribution >= 4 is 0 Å². The zero-order valence-corrected chi connectivity index (χ0v) is 13.5. The maximum absolute atomic E-state index is 3.60. The Kier molecular flexibility index (Phi) is 5.67. The first kappa shape index (κ1) is 16.0. The molecule has 2 heteroatoms. The average Bonchev–Trinajstić information content (AvgIpc) is 2.72. The van der Waals surface area contributed by atoms with Gasteiger partial charge in [0.2, 0.25) is 0 Å². The molecule has 0 aromatic rings. The van der Waals surface area contributed by atoms with E-state index in [4.69, 9.17) is 0 Å². The van der Waals surface area contributed by atoms with Crippen LogP contribution in [-0.4, -0.2) is 36.1 Å². The zero-order chi connectivity index (χ0) is 13.8. The van der Waals surface area contributed by atoms with Gasteiger partial charge in [-0.2, -0.15) is 0 Å². The first-order valence-corrected chi connectivity index (χ1v) is 7.81. The fraction of sp³-hybridized carbons (Fsp3) is 1.00. The standard InChI is InChI=1S/C16H34N2/c1-7-16(8-2)10-12-18(13-16)14(3)9-11-17-15(4,5)6/h14,17H,7-13H2,1-6H3. The Balaban J connectivity index is 2.34. The van der Waals surface area contributed by atoms with E-state index in [-0.39, 0.29) is 5.54 Å². The molecule has 1 unspecified atom stereocenters. The lowest BCUT2D eigenvalue weighted by molar-refractivity contribution is 0.193. The highest BCUT2D eigenvalue weighted by atomic mass is 15.2. The third kappa shape index (κ3) is 4.55. The number of likely N-dealkylation sites (tertiary alicyclic amines) is 1. The minimum atomic E-state index is 0.251. The van der Waals surface area contributed by atoms with Gasteiger partial charge in [-0.05, 0) is 71.9 Å². The van der Waals surface area contributed by atoms with Crippen molar-refractivity contribution < 1.29 is 0 Å². The van der Waals surface area contributed by atoms with E-state index in [1.165, 1.54) is 38.8 Å². The van der Waals surface area contributed by atoms with Crippen molar-refractivity contribution in [3.63, 3.8) is 0 Å². The summed E-state index contributed by atoms with van der Waals surface area (Å²) in [6.45, 7) is 17.6. The van der Waals surface area contributed by atoms with Crippen LogP contribution in [-0.2, 0) is 0 Å². The molecule has 1 aliphatic rings. The van der Waals surface area contributed by atoms with Gasteiger partial charge in [-0.1, -0.05) is 13.8 Å². The van der Waals surface area contributed by atoms with Gasteiger partial charge in [-0.3, -0.25) is 0 Å². The van der Waals surface area contributed by atoms with Gasteiger partial charge >= 0.3 is 0 Å². The molecule has 1 atom stereocenters. The molecule has 2 nitrogen and oxygen atoms in total. The second-order valence-electron chi connectivity index (χ2n) is 7.24. The van der Waals surface area contributed by atoms with Crippen LogP contribution in [0.5, 0.6) is 0 Å². The van der Waals surface area contributed by atoms with Gasteiger partial charge in [0.15, 0.2) is 0 Å². The van der Waals surface area contributed by atoms with Gasteiger partial charge in [0.1, 0.15) is 0 Å². The largest absolute Gasteiger partial charge is 0.312 e. The number of hydrogen-bond acceptors (Lipinski definition) is 2. The molecule has 1 rings (SSSR count). The molecule has 0 amide bonds. The Hall–Kier alpha value is -0.0800. The van der Waals surface area contributed by atoms with Gasteiger partial charge in [0.05, 0.1) is 0 Å². The predicted molar refractivity (Wildman–Crippen MR) is 81.0 cm³/mol. The zero-order valence-electron chi connectivity index (χ0n) is 13.5. The molecule has 0 spiro atoms. The van der Waals surface area contributed by atoms with Crippen molar-refractivity contribution in [1.29, 1.82) is 0 Å². The molecule has 0 bridgehead atoms. The van der Waals surface area contributed by atoms with E-state index in [1.54, 1.807) is 0 Å². The van der Waals surface area contributed by atoms with E-state index in [2.05, 4.69) is 51.8 Å². The summed E-state index contributed by atoms with van der Waals surface area (Å²) in [6, 6.07) is 0.722. The first-order chi connectivity index (χ1) is 8.32. The molecule has 1 aliphatic heterocycles. The van der Waals surface area contributed by atoms with E-state index in [1.807, 2.05) is 0 Å². The molecule has 0 radical (unpaired) electrons. The smallest absolute Gasteiger partial charge is 0.00965 e. The Bertz CT molecular complexity index is 238. The summed E-state index contributed by atoms with van der Waals surface area (Å²) in [6.07, 6.45) is 5.34. The highest BCUT2D eigenvalue weighted by molar-refractivity contribution is 4.90. The van der Waals surface area contributed by atoms with E-state index in [0.29, 0.717) is 5.41 Å². The summed E-state index contributed by atoms with van der Waals surface area (Å²) in [7, 11) is 0. The topological polar surface area (TPSA) is 15.3 Å². The highest BCUT2D eigenvalue weighted by Crippen LogP contribution is 2.37. The molecule has 1 saturated heterocycles. The van der Waals surface area contributed by atoms with Crippen molar-refractivity contribution in [2.45, 2.75) is 78.8 Å². The normalized spacial score (nSPS) is 22.3. The minimum absolute atomic E-state index is 0.251. The predicted octanol–water partition coefficient (Wildman–Crippen LogP) is 3.67. The Labute approximate surface area is 115 Å². The SMILES string of the molecule is CCC1(CC)CCN(C(C)CCNC(C)(C)C)C1. The van der Waals surface area contributed by atoms with Gasteiger partial charge in [0, 0.05) is 18.1 Å². The van der Waals surface area contributed by atoms with Crippen LogP contribution in [0, 0.1) is 5.41 Å². The van der Waals surface area contributed by atoms with Crippen LogP contribution >= 0.6 is 0 Å². The third-order valence-corrected chi connectivity index (χ3v) is 4.81. The number of rotatable bonds is 6. The van der Waals surface area contributed by atoms with Crippen LogP contribution in [0.2, 0.25) is 0 Å². The Morgan fingerprint density at radius 3 is 2.28 bits per heavy atom. The number of nitrogens with one attached hydrogen (secondary N) is 1. The van der Waals surface area contributed by atoms with Crippen LogP contribution in [0.25, 0.3) is 0 Å². The lowest BCUT2D eigenvalue weighted by Crippen LogP contribution is -2.40. The lowest BCUT2D eigenvalue weighted by atomic mass is 9.82. The van der Waals surface area contributed by atoms with E-state index in [0.717, 1.165) is 12.6 Å². The molecule has 1 heterocycles. The summed E-state index contributed by atoms with van der Waals surface area (Å²) in [5.41, 5.74) is 0.868. The maximum Gasteiger partial charge on any atom is 0.00965 e. The first-order valence-electron chi connectivity index (χ1n) is 7.81. The molecular weight excluding hydrogens is 220 g/mol. The molecule has 1 fully saturated rings. The van der Waals surface area contributed by atoms with Crippen molar-refractivity contribution in [3.8, 4) is 0 Å². The van der Waals surface area contributed by atoms with Crippen molar-refractivity contribution in [2.24, 2.45) is 5.41 Å². The minimum Gasteiger partial charge on any atom is -0.312 e. The molecule has 0 aliphatic carbocycles. The maximum atomic E-state index is 3.60. The summed E-state index contributed by atoms with van der Waals surface area (Å²) in [5, 5.41) is 3.60. The Morgan fingerprint density at radius 1 is 1.22 bits per heavy atom. The van der Waals surface area contributed by atoms with E-state index < -0.39 is 0 Å². The van der Waals surface area contributed by atoms with Gasteiger partial charge < -0.3 is 10.2 Å². The van der Waals surface area contributed by atoms with Crippen molar-refractivity contribution in [3.05, 3.63) is 0 Å². The second-order valence-corrected chi connectivity index (χ2v) is 7.24. The number of hydrogen-bond donors (Lipinski definition) is 1. The molecule has 0 aromatic heterocycles. The van der Waals surface area contributed by atoms with Crippen LogP contribution < -0.4 is 5.32 Å². The second kappa shape index (κ2) is 6.38. The average molecular weight is 254 g/mol. The fourth-order valence-electron chi connectivity index (χ4n) is 3.01. The molecule has 1 N–H and O–H groups in total. The highest BCUT2D eigenvalue weighted by Gasteiger charge is 2.36.